The molecular weight excluding hydrogens is 242 g/mol. The number of terminal acetylenes is 1. The van der Waals surface area contributed by atoms with Gasteiger partial charge in [0.05, 0.1) is 4.92 Å². The van der Waals surface area contributed by atoms with Crippen LogP contribution in [0.15, 0.2) is 12.1 Å². The van der Waals surface area contributed by atoms with Crippen molar-refractivity contribution in [3.63, 3.8) is 0 Å². The molecule has 1 aromatic rings. The second-order valence-electron chi connectivity index (χ2n) is 3.60. The Balaban J connectivity index is 2.77. The van der Waals surface area contributed by atoms with Crippen molar-refractivity contribution in [1.29, 1.82) is 0 Å². The van der Waals surface area contributed by atoms with Gasteiger partial charge in [0.1, 0.15) is 0 Å². The van der Waals surface area contributed by atoms with Gasteiger partial charge in [-0.05, 0) is 18.9 Å². The van der Waals surface area contributed by atoms with Crippen molar-refractivity contribution in [1.82, 2.24) is 0 Å². The largest absolute Gasteiger partial charge is 0.377 e. The Morgan fingerprint density at radius 2 is 2.11 bits per heavy atom. The van der Waals surface area contributed by atoms with Crippen LogP contribution in [0.2, 0.25) is 0 Å². The topological polar surface area (TPSA) is 55.2 Å². The highest BCUT2D eigenvalue weighted by molar-refractivity contribution is 5.62. The predicted molar refractivity (Wildman–Crippen MR) is 64.2 cm³/mol. The summed E-state index contributed by atoms with van der Waals surface area (Å²) in [4.78, 5) is 9.91. The fourth-order valence-electron chi connectivity index (χ4n) is 1.43. The minimum Gasteiger partial charge on any atom is -0.377 e. The van der Waals surface area contributed by atoms with Crippen LogP contribution in [-0.4, -0.2) is 11.5 Å². The van der Waals surface area contributed by atoms with Gasteiger partial charge in [-0.1, -0.05) is 0 Å². The molecule has 6 heteroatoms. The number of nitrogens with one attached hydrogen (secondary N) is 1. The predicted octanol–water partition coefficient (Wildman–Crippen LogP) is 3.09. The molecule has 0 bridgehead atoms. The lowest BCUT2D eigenvalue weighted by molar-refractivity contribution is -0.384. The van der Waals surface area contributed by atoms with E-state index in [-0.39, 0.29) is 0 Å². The molecule has 0 unspecified atom stereocenters. The van der Waals surface area contributed by atoms with E-state index < -0.39 is 27.9 Å². The van der Waals surface area contributed by atoms with E-state index in [0.29, 0.717) is 25.8 Å². The molecule has 0 amide bonds. The first-order chi connectivity index (χ1) is 8.57. The van der Waals surface area contributed by atoms with Crippen LogP contribution in [0.25, 0.3) is 0 Å². The smallest absolute Gasteiger partial charge is 0.295 e. The van der Waals surface area contributed by atoms with Crippen LogP contribution in [-0.2, 0) is 0 Å². The molecule has 0 spiro atoms. The highest BCUT2D eigenvalue weighted by atomic mass is 19.2. The Hall–Kier alpha value is -2.16. The molecule has 0 heterocycles. The first-order valence-corrected chi connectivity index (χ1v) is 5.37. The van der Waals surface area contributed by atoms with Gasteiger partial charge in [-0.3, -0.25) is 10.1 Å². The zero-order valence-electron chi connectivity index (χ0n) is 9.58. The van der Waals surface area contributed by atoms with Crippen LogP contribution in [0, 0.1) is 34.1 Å². The van der Waals surface area contributed by atoms with Crippen LogP contribution in [0.5, 0.6) is 0 Å². The maximum absolute atomic E-state index is 13.4. The number of hydrogen-bond donors (Lipinski definition) is 1. The Kier molecular flexibility index (Phi) is 5.06. The molecule has 1 rings (SSSR count). The van der Waals surface area contributed by atoms with E-state index in [9.17, 15) is 18.9 Å². The molecule has 4 nitrogen and oxygen atoms in total. The van der Waals surface area contributed by atoms with Crippen molar-refractivity contribution in [2.45, 2.75) is 19.3 Å². The summed E-state index contributed by atoms with van der Waals surface area (Å²) in [5.74, 6) is 0.0926. The second-order valence-corrected chi connectivity index (χ2v) is 3.60. The quantitative estimate of drug-likeness (QED) is 0.367. The summed E-state index contributed by atoms with van der Waals surface area (Å²) < 4.78 is 26.4. The summed E-state index contributed by atoms with van der Waals surface area (Å²) in [6.45, 7) is 0.295. The lowest BCUT2D eigenvalue weighted by Crippen LogP contribution is -2.07. The zero-order valence-corrected chi connectivity index (χ0v) is 9.58. The van der Waals surface area contributed by atoms with E-state index in [2.05, 4.69) is 11.2 Å². The van der Waals surface area contributed by atoms with Crippen LogP contribution in [0.4, 0.5) is 20.2 Å². The Bertz CT molecular complexity index is 484. The molecule has 1 aromatic carbocycles. The number of nitrogens with zero attached hydrogens (tertiary/aromatic N) is 1. The van der Waals surface area contributed by atoms with Crippen molar-refractivity contribution in [3.05, 3.63) is 33.9 Å². The molecule has 96 valence electrons. The Morgan fingerprint density at radius 3 is 2.72 bits per heavy atom. The maximum atomic E-state index is 13.4. The molecule has 0 radical (unpaired) electrons. The Labute approximate surface area is 103 Å². The number of hydrogen-bond acceptors (Lipinski definition) is 3. The van der Waals surface area contributed by atoms with E-state index in [0.717, 1.165) is 12.1 Å². The SMILES string of the molecule is C#CCCCCNc1c([N+](=O)[O-])ccc(F)c1F. The zero-order chi connectivity index (χ0) is 13.5. The monoisotopic (exact) mass is 254 g/mol. The van der Waals surface area contributed by atoms with Crippen molar-refractivity contribution in [3.8, 4) is 12.3 Å². The van der Waals surface area contributed by atoms with Gasteiger partial charge in [0.15, 0.2) is 17.3 Å². The first-order valence-electron chi connectivity index (χ1n) is 5.37. The standard InChI is InChI=1S/C12H12F2N2O2/c1-2-3-4-5-8-15-12-10(16(17)18)7-6-9(13)11(12)14/h1,6-7,15H,3-5,8H2. The van der Waals surface area contributed by atoms with Crippen molar-refractivity contribution >= 4 is 11.4 Å². The molecule has 0 fully saturated rings. The van der Waals surface area contributed by atoms with Gasteiger partial charge in [0.2, 0.25) is 0 Å². The molecule has 0 saturated carbocycles. The number of unbranched alkanes of at least 4 members (excludes halogenated alkanes) is 2. The highest BCUT2D eigenvalue weighted by Gasteiger charge is 2.20. The fraction of sp³-hybridized carbons (Fsp3) is 0.333. The average molecular weight is 254 g/mol. The third kappa shape index (κ3) is 3.42. The van der Waals surface area contributed by atoms with E-state index in [1.54, 1.807) is 0 Å². The molecular formula is C12H12F2N2O2. The molecule has 0 saturated heterocycles. The highest BCUT2D eigenvalue weighted by Crippen LogP contribution is 2.28. The van der Waals surface area contributed by atoms with E-state index in [1.807, 2.05) is 0 Å². The van der Waals surface area contributed by atoms with Gasteiger partial charge < -0.3 is 5.32 Å². The first kappa shape index (κ1) is 13.9. The summed E-state index contributed by atoms with van der Waals surface area (Å²) in [7, 11) is 0. The van der Waals surface area contributed by atoms with Crippen molar-refractivity contribution in [2.24, 2.45) is 0 Å². The number of nitro benzene ring substituents is 1. The van der Waals surface area contributed by atoms with Gasteiger partial charge in [0, 0.05) is 19.0 Å². The summed E-state index contributed by atoms with van der Waals surface area (Å²) in [5, 5.41) is 13.2. The molecule has 18 heavy (non-hydrogen) atoms. The summed E-state index contributed by atoms with van der Waals surface area (Å²) in [6, 6.07) is 1.67. The van der Waals surface area contributed by atoms with Gasteiger partial charge in [-0.15, -0.1) is 12.3 Å². The van der Waals surface area contributed by atoms with Crippen LogP contribution in [0.1, 0.15) is 19.3 Å². The third-order valence-corrected chi connectivity index (χ3v) is 2.32. The van der Waals surface area contributed by atoms with Crippen molar-refractivity contribution in [2.75, 3.05) is 11.9 Å². The summed E-state index contributed by atoms with van der Waals surface area (Å²) in [6.07, 6.45) is 6.98. The van der Waals surface area contributed by atoms with Crippen LogP contribution < -0.4 is 5.32 Å². The molecule has 0 aliphatic heterocycles. The summed E-state index contributed by atoms with van der Waals surface area (Å²) in [5.41, 5.74) is -0.897. The second kappa shape index (κ2) is 6.55. The third-order valence-electron chi connectivity index (χ3n) is 2.32. The minimum atomic E-state index is -1.24. The lowest BCUT2D eigenvalue weighted by Gasteiger charge is -2.08. The maximum Gasteiger partial charge on any atom is 0.295 e. The van der Waals surface area contributed by atoms with Gasteiger partial charge in [-0.25, -0.2) is 8.78 Å². The molecule has 0 aromatic heterocycles. The van der Waals surface area contributed by atoms with Crippen molar-refractivity contribution < 1.29 is 13.7 Å². The van der Waals surface area contributed by atoms with E-state index >= 15 is 0 Å². The van der Waals surface area contributed by atoms with E-state index in [4.69, 9.17) is 6.42 Å². The van der Waals surface area contributed by atoms with Gasteiger partial charge >= 0.3 is 0 Å². The number of anilines is 1. The Morgan fingerprint density at radius 1 is 1.39 bits per heavy atom. The number of benzene rings is 1. The van der Waals surface area contributed by atoms with Crippen LogP contribution in [0.3, 0.4) is 0 Å². The number of nitro groups is 1. The summed E-state index contributed by atoms with van der Waals surface area (Å²) >= 11 is 0. The van der Waals surface area contributed by atoms with E-state index in [1.165, 1.54) is 0 Å². The average Bonchev–Trinajstić information content (AvgIpc) is 2.33. The van der Waals surface area contributed by atoms with Crippen LogP contribution >= 0.6 is 0 Å². The number of halogens is 2. The molecule has 1 N–H and O–H groups in total. The fourth-order valence-corrected chi connectivity index (χ4v) is 1.43. The van der Waals surface area contributed by atoms with Gasteiger partial charge in [-0.2, -0.15) is 0 Å². The molecule has 0 aliphatic carbocycles. The van der Waals surface area contributed by atoms with Gasteiger partial charge in [0.25, 0.3) is 5.69 Å². The molecule has 0 aliphatic rings. The number of rotatable bonds is 6. The lowest BCUT2D eigenvalue weighted by atomic mass is 10.2. The molecule has 0 atom stereocenters. The normalized spacial score (nSPS) is 9.83. The minimum absolute atomic E-state index is 0.295.